The van der Waals surface area contributed by atoms with E-state index in [2.05, 4.69) is 21.9 Å². The molecule has 7 heteroatoms. The van der Waals surface area contributed by atoms with E-state index in [1.807, 2.05) is 24.3 Å². The molecule has 1 aromatic heterocycles. The quantitative estimate of drug-likeness (QED) is 0.530. The molecule has 1 fully saturated rings. The summed E-state index contributed by atoms with van der Waals surface area (Å²) in [7, 11) is 0. The number of thiazole rings is 1. The van der Waals surface area contributed by atoms with Crippen LogP contribution in [0.4, 0.5) is 11.4 Å². The van der Waals surface area contributed by atoms with E-state index in [9.17, 15) is 10.1 Å². The number of hydrogen-bond acceptors (Lipinski definition) is 6. The zero-order chi connectivity index (χ0) is 17.2. The van der Waals surface area contributed by atoms with E-state index in [1.165, 1.54) is 4.70 Å². The second kappa shape index (κ2) is 6.78. The molecule has 0 aliphatic carbocycles. The number of rotatable bonds is 4. The highest BCUT2D eigenvalue weighted by atomic mass is 32.1. The number of fused-ring (bicyclic) bond motifs is 1. The molecule has 1 aliphatic rings. The van der Waals surface area contributed by atoms with Crippen LogP contribution in [-0.2, 0) is 6.54 Å². The summed E-state index contributed by atoms with van der Waals surface area (Å²) in [5.41, 5.74) is 2.26. The van der Waals surface area contributed by atoms with Gasteiger partial charge in [-0.1, -0.05) is 12.1 Å². The highest BCUT2D eigenvalue weighted by molar-refractivity contribution is 7.18. The smallest absolute Gasteiger partial charge is 0.269 e. The molecule has 4 rings (SSSR count). The monoisotopic (exact) mass is 354 g/mol. The predicted molar refractivity (Wildman–Crippen MR) is 100 cm³/mol. The predicted octanol–water partition coefficient (Wildman–Crippen LogP) is 3.53. The van der Waals surface area contributed by atoms with Gasteiger partial charge in [0.05, 0.1) is 21.7 Å². The Bertz CT molecular complexity index is 852. The molecule has 2 aromatic carbocycles. The SMILES string of the molecule is O=[N+]([O-])c1ccc(N2CCN(Cc3nc4ccccc4s3)CC2)cc1. The van der Waals surface area contributed by atoms with E-state index in [4.69, 9.17) is 4.98 Å². The van der Waals surface area contributed by atoms with Crippen LogP contribution in [-0.4, -0.2) is 41.0 Å². The number of benzene rings is 2. The maximum Gasteiger partial charge on any atom is 0.269 e. The van der Waals surface area contributed by atoms with E-state index in [0.29, 0.717) is 0 Å². The van der Waals surface area contributed by atoms with Crippen molar-refractivity contribution in [3.05, 3.63) is 63.7 Å². The molecule has 0 amide bonds. The molecule has 0 radical (unpaired) electrons. The van der Waals surface area contributed by atoms with Crippen molar-refractivity contribution >= 4 is 32.9 Å². The van der Waals surface area contributed by atoms with Crippen molar-refractivity contribution in [3.8, 4) is 0 Å². The van der Waals surface area contributed by atoms with Crippen molar-refractivity contribution in [3.63, 3.8) is 0 Å². The van der Waals surface area contributed by atoms with Crippen molar-refractivity contribution in [2.45, 2.75) is 6.54 Å². The molecule has 2 heterocycles. The van der Waals surface area contributed by atoms with Gasteiger partial charge in [0.2, 0.25) is 0 Å². The van der Waals surface area contributed by atoms with Gasteiger partial charge in [-0.15, -0.1) is 11.3 Å². The topological polar surface area (TPSA) is 62.5 Å². The molecular weight excluding hydrogens is 336 g/mol. The van der Waals surface area contributed by atoms with E-state index in [1.54, 1.807) is 23.5 Å². The third-order valence-corrected chi connectivity index (χ3v) is 5.52. The molecule has 128 valence electrons. The molecule has 6 nitrogen and oxygen atoms in total. The van der Waals surface area contributed by atoms with Crippen LogP contribution in [0.1, 0.15) is 5.01 Å². The van der Waals surface area contributed by atoms with Crippen LogP contribution in [0.5, 0.6) is 0 Å². The fraction of sp³-hybridized carbons (Fsp3) is 0.278. The molecule has 0 unspecified atom stereocenters. The van der Waals surface area contributed by atoms with E-state index in [-0.39, 0.29) is 10.6 Å². The van der Waals surface area contributed by atoms with Gasteiger partial charge in [-0.2, -0.15) is 0 Å². The Morgan fingerprint density at radius 2 is 1.76 bits per heavy atom. The van der Waals surface area contributed by atoms with E-state index >= 15 is 0 Å². The van der Waals surface area contributed by atoms with Crippen molar-refractivity contribution in [2.75, 3.05) is 31.1 Å². The number of aromatic nitrogens is 1. The first-order chi connectivity index (χ1) is 12.2. The van der Waals surface area contributed by atoms with Crippen LogP contribution in [0.3, 0.4) is 0 Å². The van der Waals surface area contributed by atoms with E-state index < -0.39 is 0 Å². The van der Waals surface area contributed by atoms with Gasteiger partial charge in [0.25, 0.3) is 5.69 Å². The van der Waals surface area contributed by atoms with Crippen LogP contribution in [0.15, 0.2) is 48.5 Å². The lowest BCUT2D eigenvalue weighted by molar-refractivity contribution is -0.384. The Labute approximate surface area is 149 Å². The summed E-state index contributed by atoms with van der Waals surface area (Å²) in [6.45, 7) is 4.65. The van der Waals surface area contributed by atoms with Gasteiger partial charge >= 0.3 is 0 Å². The van der Waals surface area contributed by atoms with Gasteiger partial charge in [0.15, 0.2) is 0 Å². The molecule has 0 bridgehead atoms. The van der Waals surface area contributed by atoms with Crippen LogP contribution in [0.25, 0.3) is 10.2 Å². The van der Waals surface area contributed by atoms with Crippen molar-refractivity contribution in [1.29, 1.82) is 0 Å². The normalized spacial score (nSPS) is 15.6. The molecule has 0 spiro atoms. The average molecular weight is 354 g/mol. The van der Waals surface area contributed by atoms with Crippen LogP contribution in [0.2, 0.25) is 0 Å². The minimum absolute atomic E-state index is 0.137. The van der Waals surface area contributed by atoms with Crippen molar-refractivity contribution in [2.24, 2.45) is 0 Å². The maximum atomic E-state index is 10.8. The molecule has 25 heavy (non-hydrogen) atoms. The molecule has 1 saturated heterocycles. The Kier molecular flexibility index (Phi) is 4.33. The highest BCUT2D eigenvalue weighted by Crippen LogP contribution is 2.24. The molecule has 0 saturated carbocycles. The maximum absolute atomic E-state index is 10.8. The van der Waals surface area contributed by atoms with Gasteiger partial charge in [0, 0.05) is 44.0 Å². The number of hydrogen-bond donors (Lipinski definition) is 0. The lowest BCUT2D eigenvalue weighted by Crippen LogP contribution is -2.45. The summed E-state index contributed by atoms with van der Waals surface area (Å²) in [5.74, 6) is 0. The number of non-ortho nitro benzene ring substituents is 1. The lowest BCUT2D eigenvalue weighted by atomic mass is 10.2. The zero-order valence-corrected chi connectivity index (χ0v) is 14.5. The summed E-state index contributed by atoms with van der Waals surface area (Å²) in [5, 5.41) is 11.9. The number of nitrogens with zero attached hydrogens (tertiary/aromatic N) is 4. The Hall–Kier alpha value is -2.51. The fourth-order valence-corrected chi connectivity index (χ4v) is 4.14. The Morgan fingerprint density at radius 1 is 1.04 bits per heavy atom. The average Bonchev–Trinajstić information content (AvgIpc) is 3.05. The Morgan fingerprint density at radius 3 is 2.44 bits per heavy atom. The second-order valence-electron chi connectivity index (χ2n) is 6.11. The Balaban J connectivity index is 1.37. The zero-order valence-electron chi connectivity index (χ0n) is 13.7. The summed E-state index contributed by atoms with van der Waals surface area (Å²) in [6.07, 6.45) is 0. The van der Waals surface area contributed by atoms with Crippen LogP contribution >= 0.6 is 11.3 Å². The van der Waals surface area contributed by atoms with E-state index in [0.717, 1.165) is 48.9 Å². The standard InChI is InChI=1S/C18H18N4O2S/c23-22(24)15-7-5-14(6-8-15)21-11-9-20(10-12-21)13-18-19-16-3-1-2-4-17(16)25-18/h1-8H,9-13H2. The largest absolute Gasteiger partial charge is 0.369 e. The third-order valence-electron chi connectivity index (χ3n) is 4.50. The van der Waals surface area contributed by atoms with Gasteiger partial charge in [-0.25, -0.2) is 4.98 Å². The molecular formula is C18H18N4O2S. The summed E-state index contributed by atoms with van der Waals surface area (Å²) < 4.78 is 1.24. The first-order valence-corrected chi connectivity index (χ1v) is 9.07. The van der Waals surface area contributed by atoms with Crippen molar-refractivity contribution < 1.29 is 4.92 Å². The number of para-hydroxylation sites is 1. The second-order valence-corrected chi connectivity index (χ2v) is 7.23. The summed E-state index contributed by atoms with van der Waals surface area (Å²) in [6, 6.07) is 15.1. The molecule has 1 aliphatic heterocycles. The lowest BCUT2D eigenvalue weighted by Gasteiger charge is -2.35. The minimum Gasteiger partial charge on any atom is -0.369 e. The first kappa shape index (κ1) is 16.0. The third kappa shape index (κ3) is 3.47. The number of piperazine rings is 1. The highest BCUT2D eigenvalue weighted by Gasteiger charge is 2.19. The van der Waals surface area contributed by atoms with Gasteiger partial charge in [-0.3, -0.25) is 15.0 Å². The number of anilines is 1. The van der Waals surface area contributed by atoms with Crippen LogP contribution < -0.4 is 4.90 Å². The fourth-order valence-electron chi connectivity index (χ4n) is 3.13. The van der Waals surface area contributed by atoms with Gasteiger partial charge < -0.3 is 4.90 Å². The first-order valence-electron chi connectivity index (χ1n) is 8.25. The minimum atomic E-state index is -0.361. The molecule has 3 aromatic rings. The summed E-state index contributed by atoms with van der Waals surface area (Å²) in [4.78, 5) is 19.8. The number of nitro benzene ring substituents is 1. The number of nitro groups is 1. The molecule has 0 N–H and O–H groups in total. The molecule has 0 atom stereocenters. The van der Waals surface area contributed by atoms with Gasteiger partial charge in [0.1, 0.15) is 5.01 Å². The van der Waals surface area contributed by atoms with Crippen LogP contribution in [0, 0.1) is 10.1 Å². The van der Waals surface area contributed by atoms with Gasteiger partial charge in [-0.05, 0) is 24.3 Å². The van der Waals surface area contributed by atoms with Crippen molar-refractivity contribution in [1.82, 2.24) is 9.88 Å². The summed E-state index contributed by atoms with van der Waals surface area (Å²) >= 11 is 1.76.